The molecule has 144 valence electrons. The zero-order chi connectivity index (χ0) is 20.1. The van der Waals surface area contributed by atoms with Crippen molar-refractivity contribution >= 4 is 17.7 Å². The summed E-state index contributed by atoms with van der Waals surface area (Å²) in [5.74, 6) is -2.35. The van der Waals surface area contributed by atoms with Crippen molar-refractivity contribution < 1.29 is 34.1 Å². The molecule has 2 aromatic carbocycles. The summed E-state index contributed by atoms with van der Waals surface area (Å²) < 4.78 is 10.2. The fraction of sp³-hybridized carbons (Fsp3) is 0.190. The van der Waals surface area contributed by atoms with Gasteiger partial charge in [-0.2, -0.15) is 0 Å². The number of rotatable bonds is 5. The van der Waals surface area contributed by atoms with Crippen molar-refractivity contribution in [2.75, 3.05) is 6.61 Å². The number of carbonyl (C=O) groups is 3. The molecule has 0 fully saturated rings. The van der Waals surface area contributed by atoms with Crippen LogP contribution in [-0.4, -0.2) is 52.4 Å². The molecule has 2 aromatic rings. The molecule has 1 aliphatic rings. The Labute approximate surface area is 160 Å². The molecule has 7 nitrogen and oxygen atoms in total. The Hall–Kier alpha value is -3.29. The topological polar surface area (TPSA) is 110 Å². The number of carbonyl (C=O) groups excluding carboxylic acids is 3. The fourth-order valence-corrected chi connectivity index (χ4v) is 2.71. The number of ketones is 1. The quantitative estimate of drug-likeness (QED) is 0.750. The van der Waals surface area contributed by atoms with Crippen molar-refractivity contribution in [3.05, 3.63) is 83.9 Å². The van der Waals surface area contributed by atoms with Gasteiger partial charge in [-0.25, -0.2) is 9.59 Å². The number of aliphatic hydroxyl groups is 2. The van der Waals surface area contributed by atoms with Crippen LogP contribution in [0.15, 0.2) is 72.8 Å². The standard InChI is InChI=1S/C21H18O7/c22-17-12-11-16(28-20(25)15-9-5-2-6-10-15)18(23)21(17,26)13-27-19(24)14-7-3-1-4-8-14/h1-12,16,18,23,26H,13H2/t16-,18-,21-/m1/s1. The van der Waals surface area contributed by atoms with Gasteiger partial charge in [0.05, 0.1) is 11.1 Å². The van der Waals surface area contributed by atoms with E-state index in [4.69, 9.17) is 9.47 Å². The lowest BCUT2D eigenvalue weighted by atomic mass is 9.84. The highest BCUT2D eigenvalue weighted by atomic mass is 16.6. The van der Waals surface area contributed by atoms with Gasteiger partial charge in [0.2, 0.25) is 0 Å². The van der Waals surface area contributed by atoms with Crippen LogP contribution in [0.1, 0.15) is 20.7 Å². The summed E-state index contributed by atoms with van der Waals surface area (Å²) >= 11 is 0. The van der Waals surface area contributed by atoms with Gasteiger partial charge in [0.25, 0.3) is 0 Å². The second kappa shape index (κ2) is 8.16. The number of benzene rings is 2. The van der Waals surface area contributed by atoms with E-state index in [-0.39, 0.29) is 11.1 Å². The van der Waals surface area contributed by atoms with Crippen molar-refractivity contribution in [2.45, 2.75) is 17.8 Å². The highest BCUT2D eigenvalue weighted by Gasteiger charge is 2.50. The third kappa shape index (κ3) is 4.00. The van der Waals surface area contributed by atoms with Crippen molar-refractivity contribution in [3.63, 3.8) is 0 Å². The summed E-state index contributed by atoms with van der Waals surface area (Å²) in [6.45, 7) is -0.787. The third-order valence-electron chi connectivity index (χ3n) is 4.35. The predicted octanol–water partition coefficient (Wildman–Crippen LogP) is 1.30. The van der Waals surface area contributed by atoms with Crippen LogP contribution >= 0.6 is 0 Å². The third-order valence-corrected chi connectivity index (χ3v) is 4.35. The average Bonchev–Trinajstić information content (AvgIpc) is 2.74. The van der Waals surface area contributed by atoms with Crippen molar-refractivity contribution in [3.8, 4) is 0 Å². The van der Waals surface area contributed by atoms with Gasteiger partial charge in [0.1, 0.15) is 18.8 Å². The lowest BCUT2D eigenvalue weighted by Crippen LogP contribution is -2.60. The molecular formula is C21H18O7. The second-order valence-electron chi connectivity index (χ2n) is 6.27. The lowest BCUT2D eigenvalue weighted by molar-refractivity contribution is -0.166. The fourth-order valence-electron chi connectivity index (χ4n) is 2.71. The number of hydrogen-bond acceptors (Lipinski definition) is 7. The molecule has 0 heterocycles. The summed E-state index contributed by atoms with van der Waals surface area (Å²) in [4.78, 5) is 36.4. The number of esters is 2. The largest absolute Gasteiger partial charge is 0.458 e. The van der Waals surface area contributed by atoms with Gasteiger partial charge in [-0.3, -0.25) is 4.79 Å². The summed E-state index contributed by atoms with van der Waals surface area (Å²) in [5, 5.41) is 21.1. The first-order chi connectivity index (χ1) is 13.4. The zero-order valence-electron chi connectivity index (χ0n) is 14.7. The molecule has 0 amide bonds. The molecule has 3 rings (SSSR count). The maximum Gasteiger partial charge on any atom is 0.338 e. The first-order valence-electron chi connectivity index (χ1n) is 8.53. The Balaban J connectivity index is 1.70. The Bertz CT molecular complexity index is 891. The molecule has 0 saturated carbocycles. The molecule has 0 saturated heterocycles. The Morgan fingerprint density at radius 2 is 1.46 bits per heavy atom. The summed E-state index contributed by atoms with van der Waals surface area (Å²) in [6.07, 6.45) is -0.917. The van der Waals surface area contributed by atoms with Crippen molar-refractivity contribution in [1.29, 1.82) is 0 Å². The van der Waals surface area contributed by atoms with E-state index in [9.17, 15) is 24.6 Å². The van der Waals surface area contributed by atoms with Gasteiger partial charge in [0.15, 0.2) is 11.4 Å². The molecule has 1 aliphatic carbocycles. The van der Waals surface area contributed by atoms with Crippen LogP contribution in [0.5, 0.6) is 0 Å². The van der Waals surface area contributed by atoms with Gasteiger partial charge >= 0.3 is 11.9 Å². The van der Waals surface area contributed by atoms with Crippen LogP contribution in [-0.2, 0) is 14.3 Å². The monoisotopic (exact) mass is 382 g/mol. The summed E-state index contributed by atoms with van der Waals surface area (Å²) in [7, 11) is 0. The van der Waals surface area contributed by atoms with E-state index in [2.05, 4.69) is 0 Å². The molecular weight excluding hydrogens is 364 g/mol. The molecule has 2 N–H and O–H groups in total. The van der Waals surface area contributed by atoms with Gasteiger partial charge in [0, 0.05) is 0 Å². The van der Waals surface area contributed by atoms with Crippen LogP contribution < -0.4 is 0 Å². The zero-order valence-corrected chi connectivity index (χ0v) is 14.7. The molecule has 3 atom stereocenters. The number of hydrogen-bond donors (Lipinski definition) is 2. The number of aliphatic hydroxyl groups excluding tert-OH is 1. The van der Waals surface area contributed by atoms with Gasteiger partial charge in [-0.05, 0) is 36.4 Å². The highest BCUT2D eigenvalue weighted by molar-refractivity contribution is 5.99. The lowest BCUT2D eigenvalue weighted by Gasteiger charge is -2.36. The van der Waals surface area contributed by atoms with E-state index < -0.39 is 42.1 Å². The molecule has 0 unspecified atom stereocenters. The summed E-state index contributed by atoms with van der Waals surface area (Å²) in [5.41, 5.74) is -1.95. The normalized spacial score (nSPS) is 23.9. The SMILES string of the molecule is O=C(OC[C@@]1(O)C(=O)C=C[C@@H](OC(=O)c2ccccc2)[C@H]1O)c1ccccc1. The minimum absolute atomic E-state index is 0.228. The van der Waals surface area contributed by atoms with Crippen LogP contribution in [0.2, 0.25) is 0 Å². The van der Waals surface area contributed by atoms with Crippen LogP contribution in [0.3, 0.4) is 0 Å². The van der Waals surface area contributed by atoms with Crippen LogP contribution in [0.4, 0.5) is 0 Å². The van der Waals surface area contributed by atoms with E-state index in [1.54, 1.807) is 36.4 Å². The van der Waals surface area contributed by atoms with Crippen LogP contribution in [0, 0.1) is 0 Å². The van der Waals surface area contributed by atoms with Gasteiger partial charge in [-0.15, -0.1) is 0 Å². The first kappa shape index (κ1) is 19.5. The molecule has 0 radical (unpaired) electrons. The first-order valence-corrected chi connectivity index (χ1v) is 8.53. The number of ether oxygens (including phenoxy) is 2. The molecule has 0 aliphatic heterocycles. The highest BCUT2D eigenvalue weighted by Crippen LogP contribution is 2.25. The van der Waals surface area contributed by atoms with E-state index in [1.807, 2.05) is 0 Å². The summed E-state index contributed by atoms with van der Waals surface area (Å²) in [6, 6.07) is 16.1. The minimum Gasteiger partial charge on any atom is -0.458 e. The minimum atomic E-state index is -2.43. The Morgan fingerprint density at radius 1 is 0.929 bits per heavy atom. The van der Waals surface area contributed by atoms with Crippen LogP contribution in [0.25, 0.3) is 0 Å². The maximum absolute atomic E-state index is 12.2. The van der Waals surface area contributed by atoms with E-state index >= 15 is 0 Å². The molecule has 7 heteroatoms. The van der Waals surface area contributed by atoms with Gasteiger partial charge < -0.3 is 19.7 Å². The molecule has 0 spiro atoms. The maximum atomic E-state index is 12.2. The van der Waals surface area contributed by atoms with Gasteiger partial charge in [-0.1, -0.05) is 36.4 Å². The molecule has 0 aromatic heterocycles. The van der Waals surface area contributed by atoms with E-state index in [0.29, 0.717) is 0 Å². The Morgan fingerprint density at radius 3 is 2.04 bits per heavy atom. The average molecular weight is 382 g/mol. The Kier molecular flexibility index (Phi) is 5.67. The van der Waals surface area contributed by atoms with Crippen molar-refractivity contribution in [2.24, 2.45) is 0 Å². The predicted molar refractivity (Wildman–Crippen MR) is 97.5 cm³/mol. The van der Waals surface area contributed by atoms with E-state index in [1.165, 1.54) is 30.3 Å². The second-order valence-corrected chi connectivity index (χ2v) is 6.27. The van der Waals surface area contributed by atoms with E-state index in [0.717, 1.165) is 6.08 Å². The van der Waals surface area contributed by atoms with Crippen molar-refractivity contribution in [1.82, 2.24) is 0 Å². The molecule has 0 bridgehead atoms. The molecule has 28 heavy (non-hydrogen) atoms. The smallest absolute Gasteiger partial charge is 0.338 e.